The maximum Gasteiger partial charge on any atom is 0.171 e. The van der Waals surface area contributed by atoms with Gasteiger partial charge in [0, 0.05) is 7.05 Å². The minimum Gasteiger partial charge on any atom is -0.493 e. The first-order valence-electron chi connectivity index (χ1n) is 5.81. The molecule has 0 amide bonds. The van der Waals surface area contributed by atoms with E-state index in [1.165, 1.54) is 0 Å². The van der Waals surface area contributed by atoms with Gasteiger partial charge in [0.15, 0.2) is 6.29 Å². The quantitative estimate of drug-likeness (QED) is 0.588. The lowest BCUT2D eigenvalue weighted by molar-refractivity contribution is 0.111. The van der Waals surface area contributed by atoms with Crippen molar-refractivity contribution in [2.75, 3.05) is 6.61 Å². The van der Waals surface area contributed by atoms with E-state index in [2.05, 4.69) is 12.0 Å². The number of carbonyl (C=O) groups excluding carboxylic acids is 1. The summed E-state index contributed by atoms with van der Waals surface area (Å²) in [4.78, 5) is 11.0. The average molecular weight is 232 g/mol. The maximum absolute atomic E-state index is 11.0. The van der Waals surface area contributed by atoms with E-state index in [-0.39, 0.29) is 0 Å². The van der Waals surface area contributed by atoms with Gasteiger partial charge in [-0.3, -0.25) is 9.48 Å². The Labute approximate surface area is 100 Å². The lowest BCUT2D eigenvalue weighted by Crippen LogP contribution is -1.97. The highest BCUT2D eigenvalue weighted by Crippen LogP contribution is 2.27. The van der Waals surface area contributed by atoms with Crippen LogP contribution in [0.4, 0.5) is 0 Å². The molecule has 0 aliphatic heterocycles. The van der Waals surface area contributed by atoms with Gasteiger partial charge in [0.2, 0.25) is 0 Å². The van der Waals surface area contributed by atoms with Gasteiger partial charge in [-0.15, -0.1) is 0 Å². The van der Waals surface area contributed by atoms with E-state index in [1.807, 2.05) is 25.2 Å². The zero-order valence-electron chi connectivity index (χ0n) is 10.1. The number of nitrogens with zero attached hydrogens (tertiary/aromatic N) is 2. The van der Waals surface area contributed by atoms with Crippen molar-refractivity contribution in [1.29, 1.82) is 0 Å². The first kappa shape index (κ1) is 11.6. The Morgan fingerprint density at radius 1 is 1.47 bits per heavy atom. The lowest BCUT2D eigenvalue weighted by Gasteiger charge is -2.06. The number of ether oxygens (including phenoxy) is 1. The normalized spacial score (nSPS) is 10.7. The molecule has 0 saturated carbocycles. The van der Waals surface area contributed by atoms with Crippen LogP contribution in [0.25, 0.3) is 10.9 Å². The molecule has 0 fully saturated rings. The summed E-state index contributed by atoms with van der Waals surface area (Å²) >= 11 is 0. The molecular formula is C13H16N2O2. The molecule has 0 unspecified atom stereocenters. The maximum atomic E-state index is 11.0. The number of rotatable bonds is 5. The van der Waals surface area contributed by atoms with E-state index in [0.717, 1.165) is 35.8 Å². The van der Waals surface area contributed by atoms with Crippen LogP contribution < -0.4 is 4.74 Å². The fourth-order valence-corrected chi connectivity index (χ4v) is 1.84. The first-order chi connectivity index (χ1) is 8.27. The van der Waals surface area contributed by atoms with Crippen LogP contribution in [-0.4, -0.2) is 22.7 Å². The van der Waals surface area contributed by atoms with E-state index in [4.69, 9.17) is 4.74 Å². The summed E-state index contributed by atoms with van der Waals surface area (Å²) in [5, 5.41) is 4.97. The third kappa shape index (κ3) is 2.16. The first-order valence-corrected chi connectivity index (χ1v) is 5.81. The Hall–Kier alpha value is -1.84. The van der Waals surface area contributed by atoms with Crippen molar-refractivity contribution in [3.8, 4) is 5.75 Å². The molecule has 0 radical (unpaired) electrons. The second-order valence-corrected chi connectivity index (χ2v) is 3.98. The minimum absolute atomic E-state index is 0.439. The molecular weight excluding hydrogens is 216 g/mol. The summed E-state index contributed by atoms with van der Waals surface area (Å²) in [6, 6.07) is 5.73. The van der Waals surface area contributed by atoms with Crippen LogP contribution in [0, 0.1) is 0 Å². The molecule has 1 aromatic carbocycles. The van der Waals surface area contributed by atoms with E-state index in [1.54, 1.807) is 4.68 Å². The number of aldehydes is 1. The van der Waals surface area contributed by atoms with E-state index in [9.17, 15) is 4.79 Å². The van der Waals surface area contributed by atoms with Crippen LogP contribution in [0.1, 0.15) is 30.3 Å². The number of aryl methyl sites for hydroxylation is 1. The van der Waals surface area contributed by atoms with Crippen molar-refractivity contribution in [2.24, 2.45) is 7.05 Å². The smallest absolute Gasteiger partial charge is 0.171 e. The van der Waals surface area contributed by atoms with Crippen LogP contribution in [0.2, 0.25) is 0 Å². The molecule has 2 rings (SSSR count). The Bertz CT molecular complexity index is 531. The zero-order chi connectivity index (χ0) is 12.3. The van der Waals surface area contributed by atoms with Gasteiger partial charge in [-0.25, -0.2) is 0 Å². The molecule has 4 nitrogen and oxygen atoms in total. The molecule has 17 heavy (non-hydrogen) atoms. The van der Waals surface area contributed by atoms with Crippen molar-refractivity contribution in [3.05, 3.63) is 23.9 Å². The predicted molar refractivity (Wildman–Crippen MR) is 66.5 cm³/mol. The number of unbranched alkanes of at least 4 members (excludes halogenated alkanes) is 1. The van der Waals surface area contributed by atoms with Crippen molar-refractivity contribution in [3.63, 3.8) is 0 Å². The van der Waals surface area contributed by atoms with Crippen molar-refractivity contribution in [1.82, 2.24) is 9.78 Å². The third-order valence-corrected chi connectivity index (χ3v) is 2.73. The third-order valence-electron chi connectivity index (χ3n) is 2.73. The SMILES string of the molecule is CCCCOc1cccc2c1c(C=O)nn2C. The Kier molecular flexibility index (Phi) is 3.42. The zero-order valence-corrected chi connectivity index (χ0v) is 10.1. The fraction of sp³-hybridized carbons (Fsp3) is 0.385. The van der Waals surface area contributed by atoms with E-state index < -0.39 is 0 Å². The van der Waals surface area contributed by atoms with Crippen LogP contribution >= 0.6 is 0 Å². The van der Waals surface area contributed by atoms with Gasteiger partial charge >= 0.3 is 0 Å². The number of fused-ring (bicyclic) bond motifs is 1. The number of aromatic nitrogens is 2. The lowest BCUT2D eigenvalue weighted by atomic mass is 10.2. The van der Waals surface area contributed by atoms with Gasteiger partial charge in [-0.05, 0) is 18.6 Å². The van der Waals surface area contributed by atoms with Crippen LogP contribution in [0.15, 0.2) is 18.2 Å². The van der Waals surface area contributed by atoms with E-state index in [0.29, 0.717) is 12.3 Å². The summed E-state index contributed by atoms with van der Waals surface area (Å²) < 4.78 is 7.40. The predicted octanol–water partition coefficient (Wildman–Crippen LogP) is 2.56. The molecule has 0 aliphatic rings. The Morgan fingerprint density at radius 2 is 2.29 bits per heavy atom. The Morgan fingerprint density at radius 3 is 3.00 bits per heavy atom. The molecule has 2 aromatic rings. The minimum atomic E-state index is 0.439. The number of carbonyl (C=O) groups is 1. The van der Waals surface area contributed by atoms with Crippen molar-refractivity contribution >= 4 is 17.2 Å². The fourth-order valence-electron chi connectivity index (χ4n) is 1.84. The summed E-state index contributed by atoms with van der Waals surface area (Å²) in [6.45, 7) is 2.79. The summed E-state index contributed by atoms with van der Waals surface area (Å²) in [5.41, 5.74) is 1.36. The largest absolute Gasteiger partial charge is 0.493 e. The van der Waals surface area contributed by atoms with Crippen molar-refractivity contribution < 1.29 is 9.53 Å². The van der Waals surface area contributed by atoms with Crippen LogP contribution in [-0.2, 0) is 7.05 Å². The standard InChI is InChI=1S/C13H16N2O2/c1-3-4-8-17-12-7-5-6-11-13(12)10(9-16)14-15(11)2/h5-7,9H,3-4,8H2,1-2H3. The van der Waals surface area contributed by atoms with Crippen LogP contribution in [0.5, 0.6) is 5.75 Å². The van der Waals surface area contributed by atoms with Gasteiger partial charge in [0.05, 0.1) is 17.5 Å². The van der Waals surface area contributed by atoms with Gasteiger partial charge in [0.1, 0.15) is 11.4 Å². The van der Waals surface area contributed by atoms with Gasteiger partial charge in [0.25, 0.3) is 0 Å². The molecule has 0 saturated heterocycles. The number of hydrogen-bond acceptors (Lipinski definition) is 3. The molecule has 4 heteroatoms. The number of benzene rings is 1. The van der Waals surface area contributed by atoms with Gasteiger partial charge in [-0.2, -0.15) is 5.10 Å². The van der Waals surface area contributed by atoms with Crippen molar-refractivity contribution in [2.45, 2.75) is 19.8 Å². The molecule has 1 heterocycles. The molecule has 0 bridgehead atoms. The molecule has 1 aromatic heterocycles. The molecule has 0 spiro atoms. The molecule has 0 atom stereocenters. The molecule has 90 valence electrons. The summed E-state index contributed by atoms with van der Waals surface area (Å²) in [7, 11) is 1.82. The highest BCUT2D eigenvalue weighted by Gasteiger charge is 2.12. The summed E-state index contributed by atoms with van der Waals surface area (Å²) in [6.07, 6.45) is 2.87. The highest BCUT2D eigenvalue weighted by atomic mass is 16.5. The Balaban J connectivity index is 2.44. The highest BCUT2D eigenvalue weighted by molar-refractivity contribution is 5.99. The second-order valence-electron chi connectivity index (χ2n) is 3.98. The second kappa shape index (κ2) is 4.99. The number of hydrogen-bond donors (Lipinski definition) is 0. The topological polar surface area (TPSA) is 44.1 Å². The average Bonchev–Trinajstić information content (AvgIpc) is 2.68. The van der Waals surface area contributed by atoms with E-state index >= 15 is 0 Å². The summed E-state index contributed by atoms with van der Waals surface area (Å²) in [5.74, 6) is 0.742. The van der Waals surface area contributed by atoms with Crippen LogP contribution in [0.3, 0.4) is 0 Å². The van der Waals surface area contributed by atoms with Gasteiger partial charge in [-0.1, -0.05) is 19.4 Å². The molecule has 0 N–H and O–H groups in total. The van der Waals surface area contributed by atoms with Gasteiger partial charge < -0.3 is 4.74 Å². The molecule has 0 aliphatic carbocycles. The monoisotopic (exact) mass is 232 g/mol.